The molecule has 0 aliphatic rings. The number of hydrogen-bond donors (Lipinski definition) is 1. The number of carbonyl (C=O) groups excluding carboxylic acids is 1. The Bertz CT molecular complexity index is 1260. The Morgan fingerprint density at radius 3 is 2.58 bits per heavy atom. The number of nitrogens with one attached hydrogen (secondary N) is 1. The predicted molar refractivity (Wildman–Crippen MR) is 98.0 cm³/mol. The number of benzene rings is 1. The molecule has 4 rings (SSSR count). The number of aromatic nitrogens is 3. The number of imidazole rings is 1. The maximum absolute atomic E-state index is 12.7. The number of rotatable bonds is 3. The lowest BCUT2D eigenvalue weighted by Crippen LogP contribution is -2.14. The second-order valence-corrected chi connectivity index (χ2v) is 7.72. The Hall–Kier alpha value is -3.26. The number of para-hydroxylation sites is 1. The molecular weight excluding hydrogens is 352 g/mol. The van der Waals surface area contributed by atoms with Gasteiger partial charge in [-0.3, -0.25) is 9.20 Å². The summed E-state index contributed by atoms with van der Waals surface area (Å²) in [4.78, 5) is 21.1. The van der Waals surface area contributed by atoms with Crippen LogP contribution in [0.5, 0.6) is 0 Å². The molecule has 0 atom stereocenters. The molecule has 0 aliphatic carbocycles. The SMILES string of the molecule is CS(=O)(=O)c1nc(C(=O)Nc2ccc3ccccc3n2)c2ccccn12. The third-order valence-corrected chi connectivity index (χ3v) is 4.85. The van der Waals surface area contributed by atoms with E-state index in [0.717, 1.165) is 17.2 Å². The molecule has 1 N–H and O–H groups in total. The zero-order valence-corrected chi connectivity index (χ0v) is 14.6. The Morgan fingerprint density at radius 2 is 1.77 bits per heavy atom. The summed E-state index contributed by atoms with van der Waals surface area (Å²) in [5.74, 6) is -0.155. The van der Waals surface area contributed by atoms with Gasteiger partial charge in [0.25, 0.3) is 5.91 Å². The summed E-state index contributed by atoms with van der Waals surface area (Å²) in [5, 5.41) is 3.47. The summed E-state index contributed by atoms with van der Waals surface area (Å²) in [6, 6.07) is 16.1. The molecule has 0 bridgehead atoms. The largest absolute Gasteiger partial charge is 0.305 e. The average molecular weight is 366 g/mol. The number of fused-ring (bicyclic) bond motifs is 2. The molecule has 1 amide bonds. The third kappa shape index (κ3) is 2.80. The van der Waals surface area contributed by atoms with Crippen molar-refractivity contribution in [3.05, 3.63) is 66.5 Å². The number of carbonyl (C=O) groups is 1. The van der Waals surface area contributed by atoms with Gasteiger partial charge in [-0.25, -0.2) is 18.4 Å². The Labute approximate surface area is 149 Å². The van der Waals surface area contributed by atoms with E-state index < -0.39 is 15.7 Å². The average Bonchev–Trinajstić information content (AvgIpc) is 3.02. The highest BCUT2D eigenvalue weighted by Crippen LogP contribution is 2.19. The number of hydrogen-bond acceptors (Lipinski definition) is 5. The lowest BCUT2D eigenvalue weighted by molar-refractivity contribution is 0.102. The first-order valence-electron chi connectivity index (χ1n) is 7.78. The molecule has 3 aromatic heterocycles. The topological polar surface area (TPSA) is 93.4 Å². The van der Waals surface area contributed by atoms with E-state index in [1.165, 1.54) is 4.40 Å². The molecule has 0 saturated heterocycles. The van der Waals surface area contributed by atoms with Gasteiger partial charge in [-0.1, -0.05) is 24.3 Å². The van der Waals surface area contributed by atoms with Crippen LogP contribution in [0.2, 0.25) is 0 Å². The summed E-state index contributed by atoms with van der Waals surface area (Å²) >= 11 is 0. The minimum Gasteiger partial charge on any atom is -0.305 e. The van der Waals surface area contributed by atoms with Gasteiger partial charge in [0.05, 0.1) is 11.0 Å². The van der Waals surface area contributed by atoms with Gasteiger partial charge < -0.3 is 5.32 Å². The van der Waals surface area contributed by atoms with Crippen molar-refractivity contribution in [1.82, 2.24) is 14.4 Å². The van der Waals surface area contributed by atoms with Gasteiger partial charge >= 0.3 is 0 Å². The molecule has 0 aliphatic heterocycles. The first-order valence-corrected chi connectivity index (χ1v) is 9.67. The minimum atomic E-state index is -3.59. The summed E-state index contributed by atoms with van der Waals surface area (Å²) in [5.41, 5.74) is 1.18. The summed E-state index contributed by atoms with van der Waals surface area (Å²) in [6.07, 6.45) is 2.62. The molecule has 0 spiro atoms. The van der Waals surface area contributed by atoms with Crippen LogP contribution in [0.25, 0.3) is 16.4 Å². The zero-order chi connectivity index (χ0) is 18.3. The van der Waals surface area contributed by atoms with Crippen molar-refractivity contribution in [3.63, 3.8) is 0 Å². The summed E-state index contributed by atoms with van der Waals surface area (Å²) in [7, 11) is -3.59. The van der Waals surface area contributed by atoms with E-state index in [9.17, 15) is 13.2 Å². The first-order chi connectivity index (χ1) is 12.4. The minimum absolute atomic E-state index is 0.0287. The highest BCUT2D eigenvalue weighted by Gasteiger charge is 2.22. The molecule has 1 aromatic carbocycles. The van der Waals surface area contributed by atoms with Crippen molar-refractivity contribution in [3.8, 4) is 0 Å². The van der Waals surface area contributed by atoms with Crippen LogP contribution in [-0.4, -0.2) is 34.9 Å². The van der Waals surface area contributed by atoms with Crippen LogP contribution in [0.3, 0.4) is 0 Å². The number of pyridine rings is 2. The molecule has 4 aromatic rings. The van der Waals surface area contributed by atoms with Gasteiger partial charge in [0.2, 0.25) is 15.0 Å². The molecule has 8 heteroatoms. The second-order valence-electron chi connectivity index (χ2n) is 5.81. The van der Waals surface area contributed by atoms with Crippen molar-refractivity contribution >= 4 is 38.0 Å². The maximum atomic E-state index is 12.7. The van der Waals surface area contributed by atoms with Crippen molar-refractivity contribution < 1.29 is 13.2 Å². The van der Waals surface area contributed by atoms with Gasteiger partial charge in [0.1, 0.15) is 5.82 Å². The van der Waals surface area contributed by atoms with Crippen LogP contribution < -0.4 is 5.32 Å². The van der Waals surface area contributed by atoms with E-state index in [-0.39, 0.29) is 10.9 Å². The standard InChI is InChI=1S/C18H14N4O3S/c1-26(24,25)18-21-16(14-8-4-5-11-22(14)18)17(23)20-15-10-9-12-6-2-3-7-13(12)19-15/h2-11H,1H3,(H,19,20,23). The highest BCUT2D eigenvalue weighted by atomic mass is 32.2. The van der Waals surface area contributed by atoms with Crippen molar-refractivity contribution in [2.45, 2.75) is 5.16 Å². The molecule has 0 fully saturated rings. The highest BCUT2D eigenvalue weighted by molar-refractivity contribution is 7.90. The molecule has 26 heavy (non-hydrogen) atoms. The van der Waals surface area contributed by atoms with Crippen LogP contribution >= 0.6 is 0 Å². The molecule has 0 saturated carbocycles. The van der Waals surface area contributed by atoms with Crippen molar-refractivity contribution in [2.24, 2.45) is 0 Å². The number of anilines is 1. The fourth-order valence-electron chi connectivity index (χ4n) is 2.75. The van der Waals surface area contributed by atoms with Gasteiger partial charge in [0, 0.05) is 17.8 Å². The third-order valence-electron chi connectivity index (χ3n) is 3.90. The van der Waals surface area contributed by atoms with Crippen LogP contribution in [0, 0.1) is 0 Å². The molecule has 7 nitrogen and oxygen atoms in total. The van der Waals surface area contributed by atoms with Gasteiger partial charge in [-0.05, 0) is 30.3 Å². The normalized spacial score (nSPS) is 11.7. The van der Waals surface area contributed by atoms with Crippen LogP contribution in [0.4, 0.5) is 5.82 Å². The smallest absolute Gasteiger partial charge is 0.277 e. The summed E-state index contributed by atoms with van der Waals surface area (Å²) in [6.45, 7) is 0. The van der Waals surface area contributed by atoms with Crippen molar-refractivity contribution in [1.29, 1.82) is 0 Å². The van der Waals surface area contributed by atoms with E-state index in [1.54, 1.807) is 30.5 Å². The molecule has 0 unspecified atom stereocenters. The van der Waals surface area contributed by atoms with Gasteiger partial charge in [0.15, 0.2) is 5.69 Å². The first kappa shape index (κ1) is 16.2. The monoisotopic (exact) mass is 366 g/mol. The summed E-state index contributed by atoms with van der Waals surface area (Å²) < 4.78 is 25.3. The number of amides is 1. The zero-order valence-electron chi connectivity index (χ0n) is 13.7. The van der Waals surface area contributed by atoms with E-state index >= 15 is 0 Å². The second kappa shape index (κ2) is 5.92. The quantitative estimate of drug-likeness (QED) is 0.601. The van der Waals surface area contributed by atoms with Crippen molar-refractivity contribution in [2.75, 3.05) is 11.6 Å². The van der Waals surface area contributed by atoms with Crippen LogP contribution in [0.15, 0.2) is 66.0 Å². The lowest BCUT2D eigenvalue weighted by Gasteiger charge is -2.04. The van der Waals surface area contributed by atoms with Gasteiger partial charge in [-0.2, -0.15) is 0 Å². The predicted octanol–water partition coefficient (Wildman–Crippen LogP) is 2.54. The van der Waals surface area contributed by atoms with Crippen LogP contribution in [0.1, 0.15) is 10.5 Å². The Kier molecular flexibility index (Phi) is 3.69. The Morgan fingerprint density at radius 1 is 1.00 bits per heavy atom. The molecule has 3 heterocycles. The fraction of sp³-hybridized carbons (Fsp3) is 0.0556. The fourth-order valence-corrected chi connectivity index (χ4v) is 3.52. The van der Waals surface area contributed by atoms with Crippen LogP contribution in [-0.2, 0) is 9.84 Å². The number of sulfone groups is 1. The molecular formula is C18H14N4O3S. The Balaban J connectivity index is 1.76. The van der Waals surface area contributed by atoms with E-state index in [1.807, 2.05) is 30.3 Å². The molecule has 0 radical (unpaired) electrons. The van der Waals surface area contributed by atoms with E-state index in [0.29, 0.717) is 11.3 Å². The van der Waals surface area contributed by atoms with E-state index in [2.05, 4.69) is 15.3 Å². The number of nitrogens with zero attached hydrogens (tertiary/aromatic N) is 3. The molecule has 130 valence electrons. The maximum Gasteiger partial charge on any atom is 0.277 e. The van der Waals surface area contributed by atoms with Gasteiger partial charge in [-0.15, -0.1) is 0 Å². The lowest BCUT2D eigenvalue weighted by atomic mass is 10.2. The van der Waals surface area contributed by atoms with E-state index in [4.69, 9.17) is 0 Å².